The van der Waals surface area contributed by atoms with Crippen molar-refractivity contribution in [1.29, 1.82) is 0 Å². The highest BCUT2D eigenvalue weighted by Gasteiger charge is 2.12. The molecule has 0 spiro atoms. The van der Waals surface area contributed by atoms with Crippen LogP contribution in [0, 0.1) is 0 Å². The maximum absolute atomic E-state index is 11.5. The molecular weight excluding hydrogens is 284 g/mol. The number of hydrogen-bond donors (Lipinski definition) is 0. The minimum absolute atomic E-state index is 0.237. The third-order valence-electron chi connectivity index (χ3n) is 3.78. The lowest BCUT2D eigenvalue weighted by atomic mass is 9.93. The van der Waals surface area contributed by atoms with Gasteiger partial charge in [0.15, 0.2) is 0 Å². The van der Waals surface area contributed by atoms with Gasteiger partial charge in [-0.05, 0) is 28.8 Å². The molecular formula is C21H18O2. The molecule has 0 heterocycles. The summed E-state index contributed by atoms with van der Waals surface area (Å²) in [4.78, 5) is 11.5. The van der Waals surface area contributed by atoms with Crippen LogP contribution in [-0.4, -0.2) is 6.29 Å². The summed E-state index contributed by atoms with van der Waals surface area (Å²) in [5.41, 5.74) is 3.10. The fourth-order valence-corrected chi connectivity index (χ4v) is 2.52. The Morgan fingerprint density at radius 1 is 0.739 bits per heavy atom. The molecule has 114 valence electrons. The summed E-state index contributed by atoms with van der Waals surface area (Å²) < 4.78 is 5.78. The summed E-state index contributed by atoms with van der Waals surface area (Å²) in [5, 5.41) is 0. The molecule has 1 atom stereocenters. The lowest BCUT2D eigenvalue weighted by molar-refractivity contribution is -0.108. The van der Waals surface area contributed by atoms with E-state index in [9.17, 15) is 4.79 Å². The summed E-state index contributed by atoms with van der Waals surface area (Å²) in [5.74, 6) is 0.565. The topological polar surface area (TPSA) is 26.3 Å². The summed E-state index contributed by atoms with van der Waals surface area (Å²) in [6.45, 7) is 0.538. The molecule has 3 aromatic rings. The van der Waals surface area contributed by atoms with Gasteiger partial charge in [-0.15, -0.1) is 0 Å². The van der Waals surface area contributed by atoms with Crippen molar-refractivity contribution in [2.75, 3.05) is 0 Å². The normalized spacial score (nSPS) is 11.7. The third kappa shape index (κ3) is 3.86. The van der Waals surface area contributed by atoms with Gasteiger partial charge in [0.2, 0.25) is 0 Å². The molecule has 0 aromatic heterocycles. The van der Waals surface area contributed by atoms with Gasteiger partial charge >= 0.3 is 0 Å². The first-order chi connectivity index (χ1) is 11.4. The van der Waals surface area contributed by atoms with Crippen molar-refractivity contribution in [2.45, 2.75) is 12.5 Å². The van der Waals surface area contributed by atoms with Crippen LogP contribution in [0.2, 0.25) is 0 Å². The number of carbonyl (C=O) groups excluding carboxylic acids is 1. The molecule has 0 aliphatic carbocycles. The van der Waals surface area contributed by atoms with Gasteiger partial charge in [0, 0.05) is 0 Å². The Balaban J connectivity index is 1.70. The quantitative estimate of drug-likeness (QED) is 0.622. The minimum atomic E-state index is -0.237. The average molecular weight is 302 g/mol. The van der Waals surface area contributed by atoms with Crippen LogP contribution in [0.5, 0.6) is 5.75 Å². The molecule has 3 aromatic carbocycles. The largest absolute Gasteiger partial charge is 0.489 e. The highest BCUT2D eigenvalue weighted by molar-refractivity contribution is 5.68. The summed E-state index contributed by atoms with van der Waals surface area (Å²) in [7, 11) is 0. The van der Waals surface area contributed by atoms with Crippen LogP contribution >= 0.6 is 0 Å². The van der Waals surface area contributed by atoms with Gasteiger partial charge in [0.05, 0.1) is 5.92 Å². The van der Waals surface area contributed by atoms with E-state index in [4.69, 9.17) is 4.74 Å². The molecule has 2 heteroatoms. The van der Waals surface area contributed by atoms with E-state index in [1.807, 2.05) is 84.9 Å². The molecule has 3 rings (SSSR count). The van der Waals surface area contributed by atoms with Gasteiger partial charge in [0.25, 0.3) is 0 Å². The maximum Gasteiger partial charge on any atom is 0.131 e. The molecule has 0 saturated heterocycles. The first-order valence-corrected chi connectivity index (χ1v) is 7.64. The van der Waals surface area contributed by atoms with Gasteiger partial charge in [-0.3, -0.25) is 0 Å². The first kappa shape index (κ1) is 15.0. The van der Waals surface area contributed by atoms with Crippen LogP contribution in [0.15, 0.2) is 84.9 Å². The Bertz CT molecular complexity index is 734. The van der Waals surface area contributed by atoms with E-state index in [0.717, 1.165) is 28.7 Å². The molecule has 0 radical (unpaired) electrons. The molecule has 0 bridgehead atoms. The second kappa shape index (κ2) is 7.41. The monoisotopic (exact) mass is 302 g/mol. The van der Waals surface area contributed by atoms with Gasteiger partial charge in [-0.1, -0.05) is 72.8 Å². The molecule has 0 saturated carbocycles. The highest BCUT2D eigenvalue weighted by Crippen LogP contribution is 2.24. The number of benzene rings is 3. The van der Waals surface area contributed by atoms with E-state index < -0.39 is 0 Å². The molecule has 1 unspecified atom stereocenters. The SMILES string of the molecule is O=CC(c1ccccc1)c1ccc(OCc2ccccc2)cc1. The first-order valence-electron chi connectivity index (χ1n) is 7.64. The lowest BCUT2D eigenvalue weighted by Gasteiger charge is -2.12. The Labute approximate surface area is 136 Å². The second-order valence-corrected chi connectivity index (χ2v) is 5.37. The number of hydrogen-bond acceptors (Lipinski definition) is 2. The van der Waals surface area contributed by atoms with E-state index >= 15 is 0 Å². The number of carbonyl (C=O) groups is 1. The van der Waals surface area contributed by atoms with Crippen LogP contribution < -0.4 is 4.74 Å². The zero-order valence-electron chi connectivity index (χ0n) is 12.8. The van der Waals surface area contributed by atoms with E-state index in [0.29, 0.717) is 6.61 Å². The van der Waals surface area contributed by atoms with E-state index in [1.54, 1.807) is 0 Å². The molecule has 0 aliphatic heterocycles. The lowest BCUT2D eigenvalue weighted by Crippen LogP contribution is -2.02. The van der Waals surface area contributed by atoms with E-state index in [1.165, 1.54) is 0 Å². The van der Waals surface area contributed by atoms with Crippen LogP contribution in [-0.2, 0) is 11.4 Å². The zero-order valence-corrected chi connectivity index (χ0v) is 12.8. The molecule has 0 amide bonds. The highest BCUT2D eigenvalue weighted by atomic mass is 16.5. The number of rotatable bonds is 6. The van der Waals surface area contributed by atoms with Crippen molar-refractivity contribution in [3.8, 4) is 5.75 Å². The van der Waals surface area contributed by atoms with Crippen molar-refractivity contribution in [1.82, 2.24) is 0 Å². The van der Waals surface area contributed by atoms with Crippen LogP contribution in [0.1, 0.15) is 22.6 Å². The predicted molar refractivity (Wildman–Crippen MR) is 91.6 cm³/mol. The summed E-state index contributed by atoms with van der Waals surface area (Å²) in [6.07, 6.45) is 0.981. The standard InChI is InChI=1S/C21H18O2/c22-15-21(18-9-5-2-6-10-18)19-11-13-20(14-12-19)23-16-17-7-3-1-4-8-17/h1-15,21H,16H2. The van der Waals surface area contributed by atoms with Crippen LogP contribution in [0.4, 0.5) is 0 Å². The fourth-order valence-electron chi connectivity index (χ4n) is 2.52. The molecule has 23 heavy (non-hydrogen) atoms. The minimum Gasteiger partial charge on any atom is -0.489 e. The van der Waals surface area contributed by atoms with Gasteiger partial charge in [-0.25, -0.2) is 0 Å². The van der Waals surface area contributed by atoms with Crippen molar-refractivity contribution in [3.05, 3.63) is 102 Å². The second-order valence-electron chi connectivity index (χ2n) is 5.37. The number of ether oxygens (including phenoxy) is 1. The smallest absolute Gasteiger partial charge is 0.131 e. The van der Waals surface area contributed by atoms with Gasteiger partial charge in [-0.2, -0.15) is 0 Å². The summed E-state index contributed by atoms with van der Waals surface area (Å²) >= 11 is 0. The Hall–Kier alpha value is -2.87. The third-order valence-corrected chi connectivity index (χ3v) is 3.78. The van der Waals surface area contributed by atoms with Gasteiger partial charge in [0.1, 0.15) is 18.6 Å². The van der Waals surface area contributed by atoms with Gasteiger partial charge < -0.3 is 9.53 Å². The Kier molecular flexibility index (Phi) is 4.85. The van der Waals surface area contributed by atoms with Crippen molar-refractivity contribution in [3.63, 3.8) is 0 Å². The van der Waals surface area contributed by atoms with Crippen molar-refractivity contribution >= 4 is 6.29 Å². The van der Waals surface area contributed by atoms with Crippen LogP contribution in [0.3, 0.4) is 0 Å². The van der Waals surface area contributed by atoms with Crippen molar-refractivity contribution in [2.24, 2.45) is 0 Å². The fraction of sp³-hybridized carbons (Fsp3) is 0.0952. The molecule has 2 nitrogen and oxygen atoms in total. The predicted octanol–water partition coefficient (Wildman–Crippen LogP) is 4.60. The Morgan fingerprint density at radius 3 is 1.91 bits per heavy atom. The number of aldehydes is 1. The Morgan fingerprint density at radius 2 is 1.30 bits per heavy atom. The van der Waals surface area contributed by atoms with E-state index in [2.05, 4.69) is 0 Å². The summed E-state index contributed by atoms with van der Waals surface area (Å²) in [6, 6.07) is 27.6. The molecule has 0 aliphatic rings. The molecule has 0 fully saturated rings. The van der Waals surface area contributed by atoms with Crippen LogP contribution in [0.25, 0.3) is 0 Å². The van der Waals surface area contributed by atoms with Crippen molar-refractivity contribution < 1.29 is 9.53 Å². The maximum atomic E-state index is 11.5. The molecule has 0 N–H and O–H groups in total. The zero-order chi connectivity index (χ0) is 15.9. The van der Waals surface area contributed by atoms with E-state index in [-0.39, 0.29) is 5.92 Å². The average Bonchev–Trinajstić information content (AvgIpc) is 2.63.